The van der Waals surface area contributed by atoms with Crippen molar-refractivity contribution in [2.45, 2.75) is 0 Å². The van der Waals surface area contributed by atoms with Gasteiger partial charge in [0.05, 0.1) is 4.92 Å². The van der Waals surface area contributed by atoms with Crippen molar-refractivity contribution in [2.75, 3.05) is 6.61 Å². The Hall–Kier alpha value is -2.66. The molecule has 0 amide bonds. The topological polar surface area (TPSA) is 69.4 Å². The van der Waals surface area contributed by atoms with E-state index in [0.29, 0.717) is 0 Å². The van der Waals surface area contributed by atoms with Crippen LogP contribution >= 0.6 is 11.6 Å². The van der Waals surface area contributed by atoms with Crippen LogP contribution < -0.4 is 0 Å². The molecule has 2 aromatic carbocycles. The second-order valence-electron chi connectivity index (χ2n) is 4.33. The number of rotatable bonds is 5. The van der Waals surface area contributed by atoms with Crippen molar-refractivity contribution < 1.29 is 14.5 Å². The number of nitro groups is 1. The molecule has 2 rings (SSSR count). The largest absolute Gasteiger partial charge is 0.458 e. The maximum atomic E-state index is 11.9. The summed E-state index contributed by atoms with van der Waals surface area (Å²) in [7, 11) is 0. The molecule has 112 valence electrons. The van der Waals surface area contributed by atoms with E-state index >= 15 is 0 Å². The molecule has 0 unspecified atom stereocenters. The van der Waals surface area contributed by atoms with Crippen LogP contribution in [0.1, 0.15) is 15.9 Å². The minimum absolute atomic E-state index is 0.0113. The molecule has 5 nitrogen and oxygen atoms in total. The van der Waals surface area contributed by atoms with E-state index in [0.717, 1.165) is 5.56 Å². The Morgan fingerprint density at radius 2 is 1.95 bits per heavy atom. The SMILES string of the molecule is O=C(OC/C=C/c1ccccc1)c1cc(Cl)ccc1[N+](=O)[O-]. The lowest BCUT2D eigenvalue weighted by molar-refractivity contribution is -0.385. The van der Waals surface area contributed by atoms with Crippen LogP contribution in [-0.4, -0.2) is 17.5 Å². The molecule has 0 aliphatic rings. The van der Waals surface area contributed by atoms with E-state index < -0.39 is 10.9 Å². The van der Waals surface area contributed by atoms with Crippen molar-refractivity contribution >= 4 is 29.3 Å². The molecule has 0 aliphatic heterocycles. The van der Waals surface area contributed by atoms with Crippen LogP contribution in [0.15, 0.2) is 54.6 Å². The monoisotopic (exact) mass is 317 g/mol. The van der Waals surface area contributed by atoms with Crippen molar-refractivity contribution in [1.29, 1.82) is 0 Å². The number of nitro benzene ring substituents is 1. The Kier molecular flexibility index (Phi) is 5.27. The maximum Gasteiger partial charge on any atom is 0.345 e. The van der Waals surface area contributed by atoms with Crippen molar-refractivity contribution in [3.05, 3.63) is 80.9 Å². The lowest BCUT2D eigenvalue weighted by Gasteiger charge is -2.03. The molecule has 0 saturated carbocycles. The normalized spacial score (nSPS) is 10.6. The van der Waals surface area contributed by atoms with Gasteiger partial charge in [0.1, 0.15) is 12.2 Å². The van der Waals surface area contributed by atoms with Crippen molar-refractivity contribution in [3.63, 3.8) is 0 Å². The average Bonchev–Trinajstić information content (AvgIpc) is 2.52. The highest BCUT2D eigenvalue weighted by Crippen LogP contribution is 2.23. The van der Waals surface area contributed by atoms with E-state index in [1.54, 1.807) is 12.2 Å². The van der Waals surface area contributed by atoms with Gasteiger partial charge in [0.25, 0.3) is 5.69 Å². The molecule has 0 saturated heterocycles. The van der Waals surface area contributed by atoms with Crippen molar-refractivity contribution in [1.82, 2.24) is 0 Å². The number of benzene rings is 2. The summed E-state index contributed by atoms with van der Waals surface area (Å²) in [6.07, 6.45) is 3.45. The summed E-state index contributed by atoms with van der Waals surface area (Å²) < 4.78 is 5.01. The molecule has 0 fully saturated rings. The number of nitrogens with zero attached hydrogens (tertiary/aromatic N) is 1. The molecule has 0 N–H and O–H groups in total. The van der Waals surface area contributed by atoms with E-state index in [1.807, 2.05) is 30.3 Å². The zero-order valence-electron chi connectivity index (χ0n) is 11.4. The fourth-order valence-corrected chi connectivity index (χ4v) is 1.95. The quantitative estimate of drug-likeness (QED) is 0.472. The first-order chi connectivity index (χ1) is 10.6. The first kappa shape index (κ1) is 15.7. The predicted octanol–water partition coefficient (Wildman–Crippen LogP) is 4.12. The molecule has 22 heavy (non-hydrogen) atoms. The number of halogens is 1. The Morgan fingerprint density at radius 1 is 1.23 bits per heavy atom. The van der Waals surface area contributed by atoms with Crippen LogP contribution in [0.4, 0.5) is 5.69 Å². The maximum absolute atomic E-state index is 11.9. The Labute approximate surface area is 131 Å². The summed E-state index contributed by atoms with van der Waals surface area (Å²) in [5.41, 5.74) is 0.472. The van der Waals surface area contributed by atoms with Crippen molar-refractivity contribution in [3.8, 4) is 0 Å². The Bertz CT molecular complexity index is 713. The van der Waals surface area contributed by atoms with Gasteiger partial charge in [-0.3, -0.25) is 10.1 Å². The molecular formula is C16H12ClNO4. The smallest absolute Gasteiger partial charge is 0.345 e. The van der Waals surface area contributed by atoms with E-state index in [-0.39, 0.29) is 22.9 Å². The van der Waals surface area contributed by atoms with E-state index in [2.05, 4.69) is 0 Å². The molecule has 0 aliphatic carbocycles. The zero-order chi connectivity index (χ0) is 15.9. The molecule has 2 aromatic rings. The lowest BCUT2D eigenvalue weighted by atomic mass is 10.2. The summed E-state index contributed by atoms with van der Waals surface area (Å²) >= 11 is 5.76. The van der Waals surface area contributed by atoms with Gasteiger partial charge in [0.15, 0.2) is 0 Å². The molecule has 0 spiro atoms. The van der Waals surface area contributed by atoms with Gasteiger partial charge >= 0.3 is 5.97 Å². The second kappa shape index (κ2) is 7.38. The number of hydrogen-bond acceptors (Lipinski definition) is 4. The fourth-order valence-electron chi connectivity index (χ4n) is 1.78. The number of hydrogen-bond donors (Lipinski definition) is 0. The van der Waals surface area contributed by atoms with Crippen LogP contribution in [0.25, 0.3) is 6.08 Å². The van der Waals surface area contributed by atoms with Gasteiger partial charge < -0.3 is 4.74 Å². The Balaban J connectivity index is 2.02. The lowest BCUT2D eigenvalue weighted by Crippen LogP contribution is -2.08. The minimum Gasteiger partial charge on any atom is -0.458 e. The van der Waals surface area contributed by atoms with Crippen LogP contribution in [-0.2, 0) is 4.74 Å². The molecule has 0 heterocycles. The first-order valence-electron chi connectivity index (χ1n) is 6.40. The summed E-state index contributed by atoms with van der Waals surface area (Å²) in [5, 5.41) is 11.1. The third kappa shape index (κ3) is 4.17. The predicted molar refractivity (Wildman–Crippen MR) is 83.9 cm³/mol. The molecule has 0 radical (unpaired) electrons. The van der Waals surface area contributed by atoms with Gasteiger partial charge in [-0.15, -0.1) is 0 Å². The van der Waals surface area contributed by atoms with Gasteiger partial charge in [-0.25, -0.2) is 4.79 Å². The highest BCUT2D eigenvalue weighted by Gasteiger charge is 2.21. The Morgan fingerprint density at radius 3 is 2.64 bits per heavy atom. The summed E-state index contributed by atoms with van der Waals surface area (Å²) in [6.45, 7) is 0.0113. The van der Waals surface area contributed by atoms with Crippen molar-refractivity contribution in [2.24, 2.45) is 0 Å². The summed E-state index contributed by atoms with van der Waals surface area (Å²) in [6, 6.07) is 13.2. The van der Waals surface area contributed by atoms with Gasteiger partial charge in [-0.2, -0.15) is 0 Å². The highest BCUT2D eigenvalue weighted by atomic mass is 35.5. The van der Waals surface area contributed by atoms with E-state index in [1.165, 1.54) is 18.2 Å². The fraction of sp³-hybridized carbons (Fsp3) is 0.0625. The molecule has 6 heteroatoms. The average molecular weight is 318 g/mol. The van der Waals surface area contributed by atoms with Gasteiger partial charge in [0, 0.05) is 11.1 Å². The van der Waals surface area contributed by atoms with Crippen LogP contribution in [0.3, 0.4) is 0 Å². The van der Waals surface area contributed by atoms with Crippen LogP contribution in [0, 0.1) is 10.1 Å². The third-order valence-electron chi connectivity index (χ3n) is 2.80. The molecule has 0 bridgehead atoms. The minimum atomic E-state index is -0.785. The summed E-state index contributed by atoms with van der Waals surface area (Å²) in [4.78, 5) is 22.2. The summed E-state index contributed by atoms with van der Waals surface area (Å²) in [5.74, 6) is -0.785. The van der Waals surface area contributed by atoms with E-state index in [9.17, 15) is 14.9 Å². The number of ether oxygens (including phenoxy) is 1. The van der Waals surface area contributed by atoms with E-state index in [4.69, 9.17) is 16.3 Å². The molecular weight excluding hydrogens is 306 g/mol. The van der Waals surface area contributed by atoms with Crippen LogP contribution in [0.5, 0.6) is 0 Å². The first-order valence-corrected chi connectivity index (χ1v) is 6.78. The van der Waals surface area contributed by atoms with Gasteiger partial charge in [-0.05, 0) is 23.8 Å². The third-order valence-corrected chi connectivity index (χ3v) is 3.03. The number of esters is 1. The van der Waals surface area contributed by atoms with Gasteiger partial charge in [-0.1, -0.05) is 48.0 Å². The van der Waals surface area contributed by atoms with Crippen LogP contribution in [0.2, 0.25) is 5.02 Å². The van der Waals surface area contributed by atoms with Gasteiger partial charge in [0.2, 0.25) is 0 Å². The number of carbonyl (C=O) groups is 1. The molecule has 0 aromatic heterocycles. The number of carbonyl (C=O) groups excluding carboxylic acids is 1. The highest BCUT2D eigenvalue weighted by molar-refractivity contribution is 6.31. The standard InChI is InChI=1S/C16H12ClNO4/c17-13-8-9-15(18(20)21)14(11-13)16(19)22-10-4-7-12-5-2-1-3-6-12/h1-9,11H,10H2/b7-4+. The zero-order valence-corrected chi connectivity index (χ0v) is 12.2. The second-order valence-corrected chi connectivity index (χ2v) is 4.77. The molecule has 0 atom stereocenters.